The number of esters is 1. The lowest BCUT2D eigenvalue weighted by Gasteiger charge is -2.16. The Kier molecular flexibility index (Phi) is 5.78. The van der Waals surface area contributed by atoms with Gasteiger partial charge in [-0.25, -0.2) is 14.2 Å². The molecule has 122 valence electrons. The summed E-state index contributed by atoms with van der Waals surface area (Å²) in [4.78, 5) is 15.6. The summed E-state index contributed by atoms with van der Waals surface area (Å²) in [6.45, 7) is 1.24. The zero-order chi connectivity index (χ0) is 16.8. The fourth-order valence-electron chi connectivity index (χ4n) is 2.09. The Morgan fingerprint density at radius 3 is 2.43 bits per heavy atom. The van der Waals surface area contributed by atoms with Crippen LogP contribution in [0.15, 0.2) is 42.6 Å². The molecule has 0 aliphatic carbocycles. The number of carbonyl (C=O) groups is 1. The largest absolute Gasteiger partial charge is 0.461 e. The number of hydrogen-bond donors (Lipinski definition) is 2. The van der Waals surface area contributed by atoms with Crippen molar-refractivity contribution in [2.24, 2.45) is 5.73 Å². The first-order valence-electron chi connectivity index (χ1n) is 7.30. The number of aliphatic hydroxyl groups is 1. The lowest BCUT2D eigenvalue weighted by Crippen LogP contribution is -2.30. The Bertz CT molecular complexity index is 644. The van der Waals surface area contributed by atoms with Gasteiger partial charge in [0.1, 0.15) is 12.4 Å². The first kappa shape index (κ1) is 17.1. The lowest BCUT2D eigenvalue weighted by atomic mass is 10.00. The Hall–Kier alpha value is -2.31. The van der Waals surface area contributed by atoms with Gasteiger partial charge in [0.05, 0.1) is 18.8 Å². The third-order valence-electron chi connectivity index (χ3n) is 3.42. The summed E-state index contributed by atoms with van der Waals surface area (Å²) >= 11 is 0. The van der Waals surface area contributed by atoms with Gasteiger partial charge in [0, 0.05) is 11.8 Å². The second-order valence-electron chi connectivity index (χ2n) is 5.04. The van der Waals surface area contributed by atoms with Gasteiger partial charge in [-0.15, -0.1) is 0 Å². The minimum atomic E-state index is -1.04. The highest BCUT2D eigenvalue weighted by Crippen LogP contribution is 2.23. The fourth-order valence-corrected chi connectivity index (χ4v) is 2.09. The molecule has 2 atom stereocenters. The van der Waals surface area contributed by atoms with Gasteiger partial charge >= 0.3 is 5.97 Å². The number of ether oxygens (including phenoxy) is 1. The van der Waals surface area contributed by atoms with Gasteiger partial charge in [0.25, 0.3) is 0 Å². The van der Waals surface area contributed by atoms with Gasteiger partial charge in [0.15, 0.2) is 0 Å². The predicted molar refractivity (Wildman–Crippen MR) is 84.5 cm³/mol. The van der Waals surface area contributed by atoms with E-state index < -0.39 is 24.8 Å². The average molecular weight is 318 g/mol. The van der Waals surface area contributed by atoms with Crippen molar-refractivity contribution in [1.82, 2.24) is 4.98 Å². The van der Waals surface area contributed by atoms with E-state index in [0.717, 1.165) is 11.1 Å². The van der Waals surface area contributed by atoms with E-state index in [1.165, 1.54) is 0 Å². The van der Waals surface area contributed by atoms with Crippen LogP contribution in [0.4, 0.5) is 4.39 Å². The minimum absolute atomic E-state index is 0.247. The predicted octanol–water partition coefficient (Wildman–Crippen LogP) is 2.26. The summed E-state index contributed by atoms with van der Waals surface area (Å²) in [6.07, 6.45) is 0.531. The van der Waals surface area contributed by atoms with Gasteiger partial charge in [-0.05, 0) is 24.1 Å². The number of aliphatic hydroxyl groups excluding tert-OH is 1. The molecule has 0 saturated carbocycles. The van der Waals surface area contributed by atoms with E-state index in [2.05, 4.69) is 4.98 Å². The zero-order valence-electron chi connectivity index (χ0n) is 12.8. The Labute approximate surface area is 133 Å². The van der Waals surface area contributed by atoms with Crippen LogP contribution in [0.1, 0.15) is 29.1 Å². The van der Waals surface area contributed by atoms with Crippen molar-refractivity contribution in [2.75, 3.05) is 13.3 Å². The molecule has 23 heavy (non-hydrogen) atoms. The first-order valence-corrected chi connectivity index (χ1v) is 7.30. The molecule has 0 bridgehead atoms. The normalized spacial score (nSPS) is 13.4. The molecule has 0 spiro atoms. The molecule has 3 N–H and O–H groups in total. The smallest absolute Gasteiger partial charge is 0.356 e. The van der Waals surface area contributed by atoms with E-state index >= 15 is 0 Å². The Balaban J connectivity index is 2.15. The maximum absolute atomic E-state index is 12.5. The number of nitrogens with zero attached hydrogens (tertiary/aromatic N) is 1. The standard InChI is InChI=1S/C17H19FN2O3/c1-2-23-17(22)15-8-7-13(10-20-15)11-3-5-12(6-4-11)16(21)14(19)9-18/h3-8,10,14,16,21H,2,9,19H2,1H3/t14-,16-/m1/s1. The fraction of sp³-hybridized carbons (Fsp3) is 0.294. The van der Waals surface area contributed by atoms with Gasteiger partial charge in [-0.3, -0.25) is 0 Å². The van der Waals surface area contributed by atoms with Crippen LogP contribution in [-0.2, 0) is 4.74 Å². The third-order valence-corrected chi connectivity index (χ3v) is 3.42. The molecule has 1 aromatic carbocycles. The van der Waals surface area contributed by atoms with E-state index in [1.807, 2.05) is 0 Å². The summed E-state index contributed by atoms with van der Waals surface area (Å²) in [5.74, 6) is -0.460. The molecular formula is C17H19FN2O3. The number of pyridine rings is 1. The minimum Gasteiger partial charge on any atom is -0.461 e. The van der Waals surface area contributed by atoms with Crippen molar-refractivity contribution in [2.45, 2.75) is 19.1 Å². The number of carbonyl (C=O) groups excluding carboxylic acids is 1. The SMILES string of the molecule is CCOC(=O)c1ccc(-c2ccc([C@@H](O)[C@H](N)CF)cc2)cn1. The van der Waals surface area contributed by atoms with Crippen LogP contribution in [0, 0.1) is 0 Å². The maximum Gasteiger partial charge on any atom is 0.356 e. The van der Waals surface area contributed by atoms with E-state index in [9.17, 15) is 14.3 Å². The van der Waals surface area contributed by atoms with Gasteiger partial charge in [0.2, 0.25) is 0 Å². The molecule has 0 aliphatic heterocycles. The van der Waals surface area contributed by atoms with Crippen LogP contribution >= 0.6 is 0 Å². The lowest BCUT2D eigenvalue weighted by molar-refractivity contribution is 0.0519. The maximum atomic E-state index is 12.5. The van der Waals surface area contributed by atoms with Crippen molar-refractivity contribution >= 4 is 5.97 Å². The number of aromatic nitrogens is 1. The molecular weight excluding hydrogens is 299 g/mol. The molecule has 1 heterocycles. The summed E-state index contributed by atoms with van der Waals surface area (Å²) < 4.78 is 17.4. The molecule has 5 nitrogen and oxygen atoms in total. The average Bonchev–Trinajstić information content (AvgIpc) is 2.61. The highest BCUT2D eigenvalue weighted by Gasteiger charge is 2.16. The van der Waals surface area contributed by atoms with Gasteiger partial charge < -0.3 is 15.6 Å². The monoisotopic (exact) mass is 318 g/mol. The van der Waals surface area contributed by atoms with E-state index in [4.69, 9.17) is 10.5 Å². The van der Waals surface area contributed by atoms with Crippen LogP contribution < -0.4 is 5.73 Å². The number of alkyl halides is 1. The van der Waals surface area contributed by atoms with E-state index in [0.29, 0.717) is 12.2 Å². The highest BCUT2D eigenvalue weighted by molar-refractivity contribution is 5.87. The number of benzene rings is 1. The molecule has 0 fully saturated rings. The number of rotatable bonds is 6. The quantitative estimate of drug-likeness (QED) is 0.798. The molecule has 2 aromatic rings. The number of nitrogens with two attached hydrogens (primary N) is 1. The second-order valence-corrected chi connectivity index (χ2v) is 5.04. The van der Waals surface area contributed by atoms with E-state index in [-0.39, 0.29) is 5.69 Å². The van der Waals surface area contributed by atoms with E-state index in [1.54, 1.807) is 49.5 Å². The molecule has 0 radical (unpaired) electrons. The van der Waals surface area contributed by atoms with Gasteiger partial charge in [-0.1, -0.05) is 30.3 Å². The second kappa shape index (κ2) is 7.80. The van der Waals surface area contributed by atoms with Crippen molar-refractivity contribution < 1.29 is 19.0 Å². The Morgan fingerprint density at radius 1 is 1.26 bits per heavy atom. The topological polar surface area (TPSA) is 85.4 Å². The molecule has 0 unspecified atom stereocenters. The summed E-state index contributed by atoms with van der Waals surface area (Å²) in [6, 6.07) is 9.36. The van der Waals surface area contributed by atoms with Crippen molar-refractivity contribution in [3.8, 4) is 11.1 Å². The Morgan fingerprint density at radius 2 is 1.91 bits per heavy atom. The summed E-state index contributed by atoms with van der Waals surface area (Å²) in [7, 11) is 0. The van der Waals surface area contributed by atoms with Crippen molar-refractivity contribution in [3.63, 3.8) is 0 Å². The molecule has 6 heteroatoms. The van der Waals surface area contributed by atoms with Crippen molar-refractivity contribution in [3.05, 3.63) is 53.9 Å². The van der Waals surface area contributed by atoms with Crippen LogP contribution in [0.3, 0.4) is 0 Å². The molecule has 0 amide bonds. The van der Waals surface area contributed by atoms with Crippen LogP contribution in [-0.4, -0.2) is 35.4 Å². The summed E-state index contributed by atoms with van der Waals surface area (Å²) in [5, 5.41) is 9.87. The number of hydrogen-bond acceptors (Lipinski definition) is 5. The molecule has 0 saturated heterocycles. The zero-order valence-corrected chi connectivity index (χ0v) is 12.8. The van der Waals surface area contributed by atoms with Crippen molar-refractivity contribution in [1.29, 1.82) is 0 Å². The first-order chi connectivity index (χ1) is 11.1. The molecule has 2 rings (SSSR count). The van der Waals surface area contributed by atoms with Crippen LogP contribution in [0.25, 0.3) is 11.1 Å². The molecule has 1 aromatic heterocycles. The number of halogens is 1. The summed E-state index contributed by atoms with van der Waals surface area (Å²) in [5.41, 5.74) is 7.96. The molecule has 0 aliphatic rings. The van der Waals surface area contributed by atoms with Gasteiger partial charge in [-0.2, -0.15) is 0 Å². The third kappa shape index (κ3) is 4.12. The highest BCUT2D eigenvalue weighted by atomic mass is 19.1. The van der Waals surface area contributed by atoms with Crippen LogP contribution in [0.5, 0.6) is 0 Å². The van der Waals surface area contributed by atoms with Crippen LogP contribution in [0.2, 0.25) is 0 Å².